The summed E-state index contributed by atoms with van der Waals surface area (Å²) >= 11 is 0. The van der Waals surface area contributed by atoms with E-state index in [9.17, 15) is 14.3 Å². The molecule has 0 bridgehead atoms. The largest absolute Gasteiger partial charge is 0.463 e. The second-order valence-corrected chi connectivity index (χ2v) is 9.43. The molecule has 0 spiro atoms. The molecule has 10 nitrogen and oxygen atoms in total. The SMILES string of the molecule is CCCOc1nccc(-c2[nH]c(C3(C(=O)N4CCC(O)C4)OCC(C)CO3)nc2-c2ccc(F)cc2)n1. The molecule has 1 atom stereocenters. The molecule has 37 heavy (non-hydrogen) atoms. The molecule has 2 aliphatic heterocycles. The lowest BCUT2D eigenvalue weighted by Gasteiger charge is -2.38. The predicted molar refractivity (Wildman–Crippen MR) is 131 cm³/mol. The summed E-state index contributed by atoms with van der Waals surface area (Å²) in [6.45, 7) is 5.54. The van der Waals surface area contributed by atoms with Crippen LogP contribution in [-0.2, 0) is 20.1 Å². The standard InChI is InChI=1S/C26H30FN5O5/c1-3-12-35-25-28-10-8-20(29-25)22-21(17-4-6-18(27)7-5-17)30-23(31-22)26(36-14-16(2)15-37-26)24(34)32-11-9-19(33)13-32/h4-8,10,16,19,33H,3,9,11-15H2,1-2H3,(H,30,31). The molecule has 0 saturated carbocycles. The number of imidazole rings is 1. The van der Waals surface area contributed by atoms with E-state index in [2.05, 4.69) is 15.0 Å². The number of amides is 1. The lowest BCUT2D eigenvalue weighted by molar-refractivity contribution is -0.283. The van der Waals surface area contributed by atoms with Gasteiger partial charge in [0.2, 0.25) is 0 Å². The van der Waals surface area contributed by atoms with E-state index in [1.807, 2.05) is 13.8 Å². The number of hydrogen-bond acceptors (Lipinski definition) is 8. The number of carbonyl (C=O) groups is 1. The molecule has 0 aliphatic carbocycles. The van der Waals surface area contributed by atoms with Gasteiger partial charge in [-0.1, -0.05) is 13.8 Å². The van der Waals surface area contributed by atoms with Crippen LogP contribution in [0.5, 0.6) is 6.01 Å². The first-order chi connectivity index (χ1) is 17.9. The molecule has 2 saturated heterocycles. The Morgan fingerprint density at radius 3 is 2.68 bits per heavy atom. The minimum Gasteiger partial charge on any atom is -0.463 e. The van der Waals surface area contributed by atoms with Gasteiger partial charge in [0.25, 0.3) is 5.91 Å². The maximum absolute atomic E-state index is 13.8. The second-order valence-electron chi connectivity index (χ2n) is 9.43. The maximum atomic E-state index is 13.8. The zero-order valence-electron chi connectivity index (χ0n) is 20.8. The van der Waals surface area contributed by atoms with E-state index >= 15 is 0 Å². The molecule has 196 valence electrons. The minimum atomic E-state index is -1.82. The van der Waals surface area contributed by atoms with E-state index in [-0.39, 0.29) is 43.3 Å². The first-order valence-electron chi connectivity index (χ1n) is 12.5. The van der Waals surface area contributed by atoms with Crippen LogP contribution in [0, 0.1) is 11.7 Å². The molecule has 5 rings (SSSR count). The van der Waals surface area contributed by atoms with Gasteiger partial charge >= 0.3 is 11.8 Å². The van der Waals surface area contributed by atoms with Crippen molar-refractivity contribution >= 4 is 5.91 Å². The van der Waals surface area contributed by atoms with Gasteiger partial charge in [-0.15, -0.1) is 0 Å². The molecule has 1 amide bonds. The van der Waals surface area contributed by atoms with Crippen LogP contribution >= 0.6 is 0 Å². The average molecular weight is 512 g/mol. The summed E-state index contributed by atoms with van der Waals surface area (Å²) in [4.78, 5) is 32.0. The number of carbonyl (C=O) groups excluding carboxylic acids is 1. The van der Waals surface area contributed by atoms with Crippen LogP contribution in [0.4, 0.5) is 4.39 Å². The predicted octanol–water partition coefficient (Wildman–Crippen LogP) is 2.89. The van der Waals surface area contributed by atoms with E-state index in [1.165, 1.54) is 17.0 Å². The number of likely N-dealkylation sites (tertiary alicyclic amines) is 1. The average Bonchev–Trinajstić information content (AvgIpc) is 3.56. The molecule has 2 fully saturated rings. The quantitative estimate of drug-likeness (QED) is 0.497. The molecule has 2 aliphatic rings. The van der Waals surface area contributed by atoms with Gasteiger partial charge in [-0.25, -0.2) is 14.4 Å². The Balaban J connectivity index is 1.62. The van der Waals surface area contributed by atoms with Gasteiger partial charge in [0.15, 0.2) is 5.82 Å². The van der Waals surface area contributed by atoms with Gasteiger partial charge in [0.1, 0.15) is 5.82 Å². The number of hydrogen-bond donors (Lipinski definition) is 2. The van der Waals surface area contributed by atoms with Crippen molar-refractivity contribution in [1.82, 2.24) is 24.8 Å². The highest BCUT2D eigenvalue weighted by molar-refractivity contribution is 5.86. The first kappa shape index (κ1) is 25.2. The van der Waals surface area contributed by atoms with Crippen LogP contribution < -0.4 is 4.74 Å². The Bertz CT molecular complexity index is 1240. The van der Waals surface area contributed by atoms with Crippen molar-refractivity contribution in [3.05, 3.63) is 48.2 Å². The van der Waals surface area contributed by atoms with Crippen molar-refractivity contribution in [2.75, 3.05) is 32.9 Å². The summed E-state index contributed by atoms with van der Waals surface area (Å²) in [6.07, 6.45) is 2.24. The van der Waals surface area contributed by atoms with E-state index < -0.39 is 17.8 Å². The monoisotopic (exact) mass is 511 g/mol. The van der Waals surface area contributed by atoms with Crippen LogP contribution in [0.3, 0.4) is 0 Å². The first-order valence-corrected chi connectivity index (χ1v) is 12.5. The number of halogens is 1. The van der Waals surface area contributed by atoms with Crippen molar-refractivity contribution in [2.24, 2.45) is 5.92 Å². The number of nitrogens with zero attached hydrogens (tertiary/aromatic N) is 4. The summed E-state index contributed by atoms with van der Waals surface area (Å²) in [5.74, 6) is -2.41. The zero-order chi connectivity index (χ0) is 26.0. The van der Waals surface area contributed by atoms with E-state index in [0.29, 0.717) is 42.2 Å². The molecular weight excluding hydrogens is 481 g/mol. The minimum absolute atomic E-state index is 0.0798. The van der Waals surface area contributed by atoms with Gasteiger partial charge in [-0.3, -0.25) is 4.79 Å². The summed E-state index contributed by atoms with van der Waals surface area (Å²) in [5, 5.41) is 10.0. The zero-order valence-corrected chi connectivity index (χ0v) is 20.8. The fraction of sp³-hybridized carbons (Fsp3) is 0.462. The number of aromatic nitrogens is 4. The topological polar surface area (TPSA) is 123 Å². The number of aliphatic hydroxyl groups is 1. The van der Waals surface area contributed by atoms with Crippen LogP contribution in [0.15, 0.2) is 36.5 Å². The van der Waals surface area contributed by atoms with Gasteiger partial charge in [0.05, 0.1) is 43.0 Å². The van der Waals surface area contributed by atoms with Gasteiger partial charge in [0, 0.05) is 30.8 Å². The fourth-order valence-electron chi connectivity index (χ4n) is 4.38. The lowest BCUT2D eigenvalue weighted by Crippen LogP contribution is -2.54. The molecule has 3 aromatic rings. The number of aliphatic hydroxyl groups excluding tert-OH is 1. The van der Waals surface area contributed by atoms with Gasteiger partial charge in [-0.05, 0) is 43.2 Å². The van der Waals surface area contributed by atoms with Crippen LogP contribution in [0.1, 0.15) is 32.5 Å². The Morgan fingerprint density at radius 2 is 2.00 bits per heavy atom. The molecule has 4 heterocycles. The Morgan fingerprint density at radius 1 is 1.24 bits per heavy atom. The molecular formula is C26H30FN5O5. The number of β-amino-alcohol motifs (C(OH)–C–C–N with tert-alkyl or cyclic N) is 1. The molecule has 1 aromatic carbocycles. The second kappa shape index (κ2) is 10.5. The Labute approximate surface area is 213 Å². The highest BCUT2D eigenvalue weighted by Gasteiger charge is 2.52. The van der Waals surface area contributed by atoms with E-state index in [0.717, 1.165) is 6.42 Å². The number of aromatic amines is 1. The Hall–Kier alpha value is -3.41. The van der Waals surface area contributed by atoms with Crippen LogP contribution in [0.25, 0.3) is 22.6 Å². The van der Waals surface area contributed by atoms with Crippen molar-refractivity contribution < 1.29 is 28.5 Å². The smallest absolute Gasteiger partial charge is 0.316 e. The third-order valence-electron chi connectivity index (χ3n) is 6.33. The number of ether oxygens (including phenoxy) is 3. The van der Waals surface area contributed by atoms with Crippen molar-refractivity contribution in [3.8, 4) is 28.7 Å². The molecule has 2 aromatic heterocycles. The third-order valence-corrected chi connectivity index (χ3v) is 6.33. The van der Waals surface area contributed by atoms with Crippen molar-refractivity contribution in [3.63, 3.8) is 0 Å². The summed E-state index contributed by atoms with van der Waals surface area (Å²) in [5.41, 5.74) is 2.00. The fourth-order valence-corrected chi connectivity index (χ4v) is 4.38. The van der Waals surface area contributed by atoms with Gasteiger partial charge in [-0.2, -0.15) is 4.98 Å². The molecule has 0 radical (unpaired) electrons. The van der Waals surface area contributed by atoms with Crippen LogP contribution in [-0.4, -0.2) is 74.9 Å². The molecule has 11 heteroatoms. The summed E-state index contributed by atoms with van der Waals surface area (Å²) in [6, 6.07) is 7.78. The number of H-pyrrole nitrogens is 1. The highest BCUT2D eigenvalue weighted by Crippen LogP contribution is 2.38. The van der Waals surface area contributed by atoms with Gasteiger partial charge < -0.3 is 29.2 Å². The van der Waals surface area contributed by atoms with Crippen molar-refractivity contribution in [2.45, 2.75) is 38.6 Å². The van der Waals surface area contributed by atoms with Crippen molar-refractivity contribution in [1.29, 1.82) is 0 Å². The molecule has 1 unspecified atom stereocenters. The third kappa shape index (κ3) is 5.07. The summed E-state index contributed by atoms with van der Waals surface area (Å²) < 4.78 is 31.5. The maximum Gasteiger partial charge on any atom is 0.316 e. The highest BCUT2D eigenvalue weighted by atomic mass is 19.1. The van der Waals surface area contributed by atoms with E-state index in [1.54, 1.807) is 24.4 Å². The summed E-state index contributed by atoms with van der Waals surface area (Å²) in [7, 11) is 0. The number of rotatable bonds is 7. The Kier molecular flexibility index (Phi) is 7.18. The van der Waals surface area contributed by atoms with E-state index in [4.69, 9.17) is 19.2 Å². The normalized spacial score (nSPS) is 23.8. The molecule has 2 N–H and O–H groups in total. The number of benzene rings is 1. The van der Waals surface area contributed by atoms with Crippen LogP contribution in [0.2, 0.25) is 0 Å². The number of nitrogens with one attached hydrogen (secondary N) is 1. The lowest BCUT2D eigenvalue weighted by atomic mass is 10.1.